The molecule has 0 radical (unpaired) electrons. The average Bonchev–Trinajstić information content (AvgIpc) is 3.07. The lowest BCUT2D eigenvalue weighted by Crippen LogP contribution is -2.52. The standard InChI is InChI=1S/C26H66N4O34P8/c31-19(1-27(11-65(37,38)39)12-66(40,41)42)5-61-9-23(35)26(64-8-22(34)4-30(17-71(55,56)57)18-72(58,59)60)25(36)24(63-7-21(33)3-29(15-69(49,50)51)16-70(52,53)54)10-62-6-20(32)2-28(13-67(43,44)45)14-68(46,47)48/h19-26,31-36H,1-18H2,(H2,37,38,39)(H2,40,41,42)(H2,43,44,45)(H2,46,47,48)(H2,49,50,51)(H2,52,53,54)(H2,55,56,57)(H2,58,59,60). The molecule has 0 spiro atoms. The molecule has 38 nitrogen and oxygen atoms in total. The van der Waals surface area contributed by atoms with E-state index in [0.717, 1.165) is 0 Å². The van der Waals surface area contributed by atoms with E-state index < -0.39 is 226 Å². The molecule has 22 N–H and O–H groups in total. The Bertz CT molecular complexity index is 1890. The minimum Gasteiger partial charge on any atom is -0.389 e. The first-order chi connectivity index (χ1) is 32.1. The summed E-state index contributed by atoms with van der Waals surface area (Å²) in [5, 5.41) is 65.4. The second-order valence-corrected chi connectivity index (χ2v) is 29.2. The highest BCUT2D eigenvalue weighted by Gasteiger charge is 2.38. The maximum atomic E-state index is 11.7. The van der Waals surface area contributed by atoms with Crippen molar-refractivity contribution in [3.05, 3.63) is 0 Å². The van der Waals surface area contributed by atoms with Gasteiger partial charge in [0.2, 0.25) is 0 Å². The third-order valence-corrected chi connectivity index (χ3v) is 14.4. The van der Waals surface area contributed by atoms with Crippen LogP contribution in [0.4, 0.5) is 0 Å². The molecule has 72 heavy (non-hydrogen) atoms. The SMILES string of the molecule is O=P(O)(O)CN(CC(O)COCC(O)C(OCC(O)CN(CP(=O)(O)O)CP(=O)(O)O)C(O)C(COCC(O)CN(CP(=O)(O)O)CP(=O)(O)O)OCC(O)CN(CP(=O)(O)O)CP(=O)(O)O)CP(=O)(O)O. The molecule has 0 amide bonds. The van der Waals surface area contributed by atoms with Crippen LogP contribution >= 0.6 is 60.8 Å². The molecular weight excluding hydrogens is 1160 g/mol. The Kier molecular flexibility index (Phi) is 31.7. The van der Waals surface area contributed by atoms with Crippen molar-refractivity contribution in [3.63, 3.8) is 0 Å². The number of aliphatic hydroxyl groups is 6. The second kappa shape index (κ2) is 31.4. The van der Waals surface area contributed by atoms with Gasteiger partial charge in [-0.1, -0.05) is 0 Å². The van der Waals surface area contributed by atoms with Crippen molar-refractivity contribution in [2.45, 2.75) is 48.8 Å². The van der Waals surface area contributed by atoms with Crippen molar-refractivity contribution >= 4 is 60.8 Å². The van der Waals surface area contributed by atoms with Crippen LogP contribution in [0.5, 0.6) is 0 Å². The summed E-state index contributed by atoms with van der Waals surface area (Å²) in [6, 6.07) is 0. The van der Waals surface area contributed by atoms with Gasteiger partial charge >= 0.3 is 60.8 Å². The molecule has 0 aliphatic rings. The Balaban J connectivity index is 6.96. The van der Waals surface area contributed by atoms with Crippen molar-refractivity contribution in [2.24, 2.45) is 0 Å². The lowest BCUT2D eigenvalue weighted by molar-refractivity contribution is -0.184. The van der Waals surface area contributed by atoms with Crippen LogP contribution in [-0.2, 0) is 55.5 Å². The van der Waals surface area contributed by atoms with Gasteiger partial charge in [-0.15, -0.1) is 0 Å². The fraction of sp³-hybridized carbons (Fsp3) is 1.00. The number of aliphatic hydroxyl groups excluding tert-OH is 6. The highest BCUT2D eigenvalue weighted by molar-refractivity contribution is 7.54. The van der Waals surface area contributed by atoms with E-state index in [-0.39, 0.29) is 0 Å². The summed E-state index contributed by atoms with van der Waals surface area (Å²) < 4.78 is 114. The van der Waals surface area contributed by atoms with Crippen LogP contribution in [-0.4, -0.2) is 293 Å². The molecule has 0 aliphatic carbocycles. The number of rotatable bonds is 41. The Labute approximate surface area is 409 Å². The van der Waals surface area contributed by atoms with Gasteiger partial charge in [-0.25, -0.2) is 0 Å². The van der Waals surface area contributed by atoms with Crippen LogP contribution in [0.15, 0.2) is 0 Å². The minimum atomic E-state index is -5.08. The molecule has 0 saturated carbocycles. The minimum absolute atomic E-state index is 0.416. The van der Waals surface area contributed by atoms with Crippen molar-refractivity contribution in [3.8, 4) is 0 Å². The zero-order valence-corrected chi connectivity index (χ0v) is 44.6. The summed E-state index contributed by atoms with van der Waals surface area (Å²) in [5.74, 6) is 0. The van der Waals surface area contributed by atoms with Crippen LogP contribution in [0.3, 0.4) is 0 Å². The molecule has 0 bridgehead atoms. The molecule has 434 valence electrons. The molecule has 8 unspecified atom stereocenters. The van der Waals surface area contributed by atoms with E-state index in [2.05, 4.69) is 0 Å². The average molecular weight is 1230 g/mol. The maximum absolute atomic E-state index is 11.7. The van der Waals surface area contributed by atoms with Gasteiger partial charge in [0.1, 0.15) is 74.7 Å². The molecule has 0 fully saturated rings. The molecular formula is C26H66N4O34P8. The molecule has 0 aromatic carbocycles. The van der Waals surface area contributed by atoms with Gasteiger partial charge in [-0.05, 0) is 0 Å². The van der Waals surface area contributed by atoms with Crippen molar-refractivity contribution in [2.75, 3.05) is 116 Å². The molecule has 0 rings (SSSR count). The van der Waals surface area contributed by atoms with E-state index in [4.69, 9.17) is 18.9 Å². The summed E-state index contributed by atoms with van der Waals surface area (Å²) in [4.78, 5) is 152. The largest absolute Gasteiger partial charge is 0.389 e. The Hall–Kier alpha value is 0.640. The van der Waals surface area contributed by atoms with Gasteiger partial charge in [-0.3, -0.25) is 56.1 Å². The summed E-state index contributed by atoms with van der Waals surface area (Å²) in [6.45, 7) is -9.95. The Morgan fingerprint density at radius 1 is 0.306 bits per heavy atom. The van der Waals surface area contributed by atoms with Crippen molar-refractivity contribution in [1.29, 1.82) is 0 Å². The zero-order valence-electron chi connectivity index (χ0n) is 37.5. The molecule has 0 aromatic rings. The fourth-order valence-corrected chi connectivity index (χ4v) is 12.7. The van der Waals surface area contributed by atoms with Crippen LogP contribution in [0.2, 0.25) is 0 Å². The van der Waals surface area contributed by atoms with Gasteiger partial charge in [0.15, 0.2) is 0 Å². The number of hydrogen-bond acceptors (Lipinski definition) is 22. The van der Waals surface area contributed by atoms with Crippen molar-refractivity contribution in [1.82, 2.24) is 19.6 Å². The summed E-state index contributed by atoms with van der Waals surface area (Å²) in [6.07, 6.45) is -27.1. The first-order valence-electron chi connectivity index (χ1n) is 19.8. The third-order valence-electron chi connectivity index (χ3n) is 8.22. The van der Waals surface area contributed by atoms with E-state index in [9.17, 15) is 145 Å². The lowest BCUT2D eigenvalue weighted by atomic mass is 10.0. The quantitative estimate of drug-likeness (QED) is 0.0253. The van der Waals surface area contributed by atoms with Crippen LogP contribution in [0.25, 0.3) is 0 Å². The van der Waals surface area contributed by atoms with Crippen LogP contribution in [0, 0.1) is 0 Å². The van der Waals surface area contributed by atoms with Gasteiger partial charge in [0.25, 0.3) is 0 Å². The maximum Gasteiger partial charge on any atom is 0.339 e. The first kappa shape index (κ1) is 72.6. The molecule has 8 atom stereocenters. The zero-order chi connectivity index (χ0) is 56.5. The molecule has 0 aliphatic heterocycles. The molecule has 0 heterocycles. The smallest absolute Gasteiger partial charge is 0.339 e. The van der Waals surface area contributed by atoms with Crippen molar-refractivity contribution < 1.29 is 164 Å². The topological polar surface area (TPSA) is 632 Å². The van der Waals surface area contributed by atoms with Gasteiger partial charge < -0.3 is 128 Å². The number of hydrogen-bond donors (Lipinski definition) is 22. The molecule has 0 saturated heterocycles. The van der Waals surface area contributed by atoms with E-state index in [1.165, 1.54) is 0 Å². The first-order valence-corrected chi connectivity index (χ1v) is 34.2. The van der Waals surface area contributed by atoms with E-state index in [0.29, 0.717) is 19.6 Å². The highest BCUT2D eigenvalue weighted by atomic mass is 31.2. The summed E-state index contributed by atoms with van der Waals surface area (Å²) in [5.41, 5.74) is 0. The Morgan fingerprint density at radius 3 is 0.778 bits per heavy atom. The third kappa shape index (κ3) is 41.7. The summed E-state index contributed by atoms with van der Waals surface area (Å²) >= 11 is 0. The predicted octanol–water partition coefficient (Wildman–Crippen LogP) is -7.75. The molecule has 46 heteroatoms. The summed E-state index contributed by atoms with van der Waals surface area (Å²) in [7, 11) is -40.3. The Morgan fingerprint density at radius 2 is 0.528 bits per heavy atom. The van der Waals surface area contributed by atoms with E-state index in [1.54, 1.807) is 0 Å². The van der Waals surface area contributed by atoms with Crippen LogP contribution < -0.4 is 0 Å². The monoisotopic (exact) mass is 1230 g/mol. The number of ether oxygens (including phenoxy) is 4. The highest BCUT2D eigenvalue weighted by Crippen LogP contribution is 2.44. The second-order valence-electron chi connectivity index (χ2n) is 16.3. The fourth-order valence-electron chi connectivity index (χ4n) is 6.22. The van der Waals surface area contributed by atoms with Gasteiger partial charge in [0, 0.05) is 26.2 Å². The van der Waals surface area contributed by atoms with Crippen LogP contribution in [0.1, 0.15) is 0 Å². The van der Waals surface area contributed by atoms with Gasteiger partial charge in [-0.2, -0.15) is 0 Å². The molecule has 0 aromatic heterocycles. The van der Waals surface area contributed by atoms with E-state index >= 15 is 0 Å². The normalized spacial score (nSPS) is 17.6. The number of nitrogens with zero attached hydrogens (tertiary/aromatic N) is 4. The van der Waals surface area contributed by atoms with E-state index in [1.807, 2.05) is 0 Å². The predicted molar refractivity (Wildman–Crippen MR) is 239 cm³/mol. The van der Waals surface area contributed by atoms with Gasteiger partial charge in [0.05, 0.1) is 64.1 Å². The lowest BCUT2D eigenvalue weighted by Gasteiger charge is -2.34.